The fraction of sp³-hybridized carbons (Fsp3) is 0.279. The number of hydrogen-bond donors (Lipinski definition) is 4. The molecule has 12 aromatic rings. The second-order valence-electron chi connectivity index (χ2n) is 36.9. The number of carbonyl (C=O) groups is 8. The van der Waals surface area contributed by atoms with Crippen LogP contribution in [0.25, 0.3) is 44.5 Å². The van der Waals surface area contributed by atoms with Crippen molar-refractivity contribution in [3.63, 3.8) is 0 Å². The first kappa shape index (κ1) is 118. The Kier molecular flexibility index (Phi) is 38.4. The van der Waals surface area contributed by atoms with Gasteiger partial charge in [0.2, 0.25) is 0 Å². The van der Waals surface area contributed by atoms with Crippen LogP contribution in [-0.2, 0) is 62.4 Å². The van der Waals surface area contributed by atoms with Crippen molar-refractivity contribution in [2.75, 3.05) is 21.3 Å². The maximum Gasteiger partial charge on any atom is 0.416 e. The van der Waals surface area contributed by atoms with Crippen molar-refractivity contribution in [3.05, 3.63) is 355 Å². The van der Waals surface area contributed by atoms with E-state index in [1.807, 2.05) is 55.4 Å². The van der Waals surface area contributed by atoms with Gasteiger partial charge >= 0.3 is 43.2 Å². The SMILES string of the molecule is CC(=O)C(CC(C)C)c1cc(NC(=O)c2cc(C(F)(F)F)cc(C(F)(F)F)c2)cc(-c2ccc(C(F)(F)F)cc2)c1.CC(=O)C(CC(C)C)c1cc(NC(=O)c2cc(F)c(F)c(F)c2)cc(-c2ccc(C(F)(F)F)cc2)c1.CC(=O)C(CC(C)C)c1cc(NC(=O)c2cc(F)cc(F)c2)cc(-c2ccc(C(F)(F)F)cc2)c1.CC(=O)C(CC(C)C)c1cc(NC(=O)c2cccc(C(F)(F)F)c2)cc(-c2ccc(C(F)(F)F)cc2)c1. The standard InChI is InChI=1S/C29H24F9NO2.C28H25F6NO2.C27H23F6NO2.C27H24F5NO2/c1-15(2)8-25(16(3)40)19-9-18(17-4-6-21(7-5-17)27(30,31)32)12-24(13-19)39-26(41)20-10-22(28(33,34)35)14-23(11-20)29(36,37)38;1-16(2)11-25(17(3)36)21-12-20(18-7-9-22(10-8-18)27(29,30)31)14-24(15-21)35-26(37)19-5-4-6-23(13-19)28(32,33)34;1-14(2)8-22(15(3)35)18-9-17(16-4-6-20(7-5-16)27(31,32)33)10-21(11-18)34-26(36)19-12-23(28)25(30)24(29)13-19;1-15(2)8-25(16(3)34)19-9-18(17-4-6-21(7-5-17)27(30,31)32)12-24(13-19)33-26(35)20-10-22(28)14-23(29)11-20/h4-7,9-15,25H,8H2,1-3H3,(H,39,41);4-10,12-16,25H,11H2,1-3H3,(H,35,37);4-7,9-14,22H,8H2,1-3H3,(H,34,36);4-7,9-15,25H,8H2,1-3H3,(H,33,35). The summed E-state index contributed by atoms with van der Waals surface area (Å²) in [6.45, 7) is 21.0. The molecule has 0 bridgehead atoms. The van der Waals surface area contributed by atoms with Crippen molar-refractivity contribution in [3.8, 4) is 44.5 Å². The number of Topliss-reactive ketones (excluding diaryl/α,β-unsaturated/α-hetero) is 4. The number of ketones is 4. The van der Waals surface area contributed by atoms with Gasteiger partial charge in [-0.15, -0.1) is 0 Å². The highest BCUT2D eigenvalue weighted by Crippen LogP contribution is 2.45. The van der Waals surface area contributed by atoms with Crippen LogP contribution in [0.5, 0.6) is 0 Å². The lowest BCUT2D eigenvalue weighted by molar-refractivity contribution is -0.143. The topological polar surface area (TPSA) is 185 Å². The molecule has 38 heteroatoms. The molecule has 4 amide bonds. The average Bonchev–Trinajstić information content (AvgIpc) is 0.783. The third-order valence-electron chi connectivity index (χ3n) is 23.1. The lowest BCUT2D eigenvalue weighted by Crippen LogP contribution is -2.18. The number of alkyl halides is 21. The van der Waals surface area contributed by atoms with Gasteiger partial charge in [0.15, 0.2) is 17.5 Å². The minimum Gasteiger partial charge on any atom is -0.322 e. The van der Waals surface area contributed by atoms with Gasteiger partial charge in [-0.25, -0.2) is 22.0 Å². The second-order valence-corrected chi connectivity index (χ2v) is 36.9. The highest BCUT2D eigenvalue weighted by molar-refractivity contribution is 6.08. The summed E-state index contributed by atoms with van der Waals surface area (Å²) in [6, 6.07) is 43.6. The minimum atomic E-state index is -5.17. The van der Waals surface area contributed by atoms with Gasteiger partial charge in [-0.2, -0.15) is 92.2 Å². The Balaban J connectivity index is 0.000000221. The molecule has 790 valence electrons. The molecule has 0 fully saturated rings. The molecule has 0 heterocycles. The zero-order chi connectivity index (χ0) is 111. The van der Waals surface area contributed by atoms with E-state index >= 15 is 0 Å². The molecule has 12 nitrogen and oxygen atoms in total. The quantitative estimate of drug-likeness (QED) is 0.0276. The maximum atomic E-state index is 13.6. The molecule has 4 unspecified atom stereocenters. The predicted octanol–water partition coefficient (Wildman–Crippen LogP) is 33.1. The molecule has 12 rings (SSSR count). The molecule has 0 radical (unpaired) electrons. The molecule has 0 aliphatic heterocycles. The van der Waals surface area contributed by atoms with E-state index in [2.05, 4.69) is 21.3 Å². The normalized spacial score (nSPS) is 12.8. The first-order valence-electron chi connectivity index (χ1n) is 45.6. The molecule has 0 aliphatic carbocycles. The van der Waals surface area contributed by atoms with Crippen molar-refractivity contribution in [2.24, 2.45) is 23.7 Å². The highest BCUT2D eigenvalue weighted by atomic mass is 19.4. The molecular formula is C111H96F26N4O8. The Morgan fingerprint density at radius 1 is 0.221 bits per heavy atom. The smallest absolute Gasteiger partial charge is 0.322 e. The summed E-state index contributed by atoms with van der Waals surface area (Å²) < 4.78 is 343. The molecule has 4 N–H and O–H groups in total. The van der Waals surface area contributed by atoms with Gasteiger partial charge < -0.3 is 21.3 Å². The van der Waals surface area contributed by atoms with Gasteiger partial charge in [0.25, 0.3) is 23.6 Å². The van der Waals surface area contributed by atoms with Crippen molar-refractivity contribution in [2.45, 2.75) is 176 Å². The van der Waals surface area contributed by atoms with Crippen LogP contribution in [0, 0.1) is 52.8 Å². The van der Waals surface area contributed by atoms with Crippen LogP contribution in [0.15, 0.2) is 243 Å². The van der Waals surface area contributed by atoms with Gasteiger partial charge in [0, 0.05) is 74.7 Å². The first-order valence-corrected chi connectivity index (χ1v) is 45.6. The molecular weight excluding hydrogens is 2010 g/mol. The number of carbonyl (C=O) groups excluding carboxylic acids is 8. The van der Waals surface area contributed by atoms with E-state index in [-0.39, 0.29) is 110 Å². The summed E-state index contributed by atoms with van der Waals surface area (Å²) >= 11 is 0. The van der Waals surface area contributed by atoms with Gasteiger partial charge in [-0.05, 0) is 302 Å². The fourth-order valence-electron chi connectivity index (χ4n) is 15.9. The van der Waals surface area contributed by atoms with Crippen LogP contribution in [0.2, 0.25) is 0 Å². The van der Waals surface area contributed by atoms with Crippen LogP contribution >= 0.6 is 0 Å². The van der Waals surface area contributed by atoms with E-state index in [0.29, 0.717) is 99.5 Å². The average molecular weight is 2110 g/mol. The van der Waals surface area contributed by atoms with E-state index < -0.39 is 170 Å². The Hall–Kier alpha value is -14.6. The zero-order valence-corrected chi connectivity index (χ0v) is 81.1. The van der Waals surface area contributed by atoms with Crippen molar-refractivity contribution in [1.82, 2.24) is 0 Å². The lowest BCUT2D eigenvalue weighted by atomic mass is 9.85. The van der Waals surface area contributed by atoms with Gasteiger partial charge in [-0.1, -0.05) is 134 Å². The molecule has 0 aromatic heterocycles. The van der Waals surface area contributed by atoms with Crippen molar-refractivity contribution < 1.29 is 153 Å². The molecule has 149 heavy (non-hydrogen) atoms. The Bertz CT molecular complexity index is 6760. The van der Waals surface area contributed by atoms with Crippen molar-refractivity contribution >= 4 is 69.5 Å². The molecule has 0 saturated carbocycles. The lowest BCUT2D eigenvalue weighted by Gasteiger charge is -2.20. The number of anilines is 4. The molecule has 0 aliphatic rings. The second kappa shape index (κ2) is 48.6. The van der Waals surface area contributed by atoms with E-state index in [0.717, 1.165) is 78.9 Å². The fourth-order valence-corrected chi connectivity index (χ4v) is 15.9. The predicted molar refractivity (Wildman–Crippen MR) is 511 cm³/mol. The molecule has 4 atom stereocenters. The summed E-state index contributed by atoms with van der Waals surface area (Å²) in [6.07, 6.45) is -31.2. The summed E-state index contributed by atoms with van der Waals surface area (Å²) in [7, 11) is 0. The summed E-state index contributed by atoms with van der Waals surface area (Å²) in [5.74, 6) is -12.9. The number of amides is 4. The number of nitrogens with one attached hydrogen (secondary N) is 4. The molecule has 0 saturated heterocycles. The van der Waals surface area contributed by atoms with E-state index in [9.17, 15) is 153 Å². The number of halogens is 26. The summed E-state index contributed by atoms with van der Waals surface area (Å²) in [5, 5.41) is 9.92. The van der Waals surface area contributed by atoms with E-state index in [1.54, 1.807) is 36.4 Å². The molecule has 12 aromatic carbocycles. The monoisotopic (exact) mass is 2110 g/mol. The van der Waals surface area contributed by atoms with Gasteiger partial charge in [-0.3, -0.25) is 38.4 Å². The van der Waals surface area contributed by atoms with Crippen LogP contribution in [0.1, 0.15) is 235 Å². The van der Waals surface area contributed by atoms with Crippen LogP contribution in [0.3, 0.4) is 0 Å². The Labute approximate surface area is 838 Å². The van der Waals surface area contributed by atoms with Crippen molar-refractivity contribution in [1.29, 1.82) is 0 Å². The largest absolute Gasteiger partial charge is 0.416 e. The maximum absolute atomic E-state index is 13.6. The van der Waals surface area contributed by atoms with E-state index in [4.69, 9.17) is 0 Å². The first-order chi connectivity index (χ1) is 69.0. The Morgan fingerprint density at radius 3 is 0.658 bits per heavy atom. The zero-order valence-electron chi connectivity index (χ0n) is 81.1. The van der Waals surface area contributed by atoms with Gasteiger partial charge in [0.1, 0.15) is 34.8 Å². The number of hydrogen-bond acceptors (Lipinski definition) is 8. The Morgan fingerprint density at radius 2 is 0.436 bits per heavy atom. The summed E-state index contributed by atoms with van der Waals surface area (Å²) in [4.78, 5) is 101. The minimum absolute atomic E-state index is 0.0302. The number of rotatable bonds is 28. The summed E-state index contributed by atoms with van der Waals surface area (Å²) in [5.41, 5.74) is -3.96. The van der Waals surface area contributed by atoms with Crippen LogP contribution < -0.4 is 21.3 Å². The highest BCUT2D eigenvalue weighted by Gasteiger charge is 2.40. The van der Waals surface area contributed by atoms with Crippen LogP contribution in [0.4, 0.5) is 137 Å². The third kappa shape index (κ3) is 33.7. The van der Waals surface area contributed by atoms with Gasteiger partial charge in [0.05, 0.1) is 38.9 Å². The van der Waals surface area contributed by atoms with E-state index in [1.165, 1.54) is 119 Å². The van der Waals surface area contributed by atoms with Crippen LogP contribution in [-0.4, -0.2) is 46.8 Å². The molecule has 0 spiro atoms. The third-order valence-corrected chi connectivity index (χ3v) is 23.1. The number of benzene rings is 12.